The number of likely N-dealkylation sites (tertiary alicyclic amines) is 1. The van der Waals surface area contributed by atoms with E-state index in [-0.39, 0.29) is 17.7 Å². The highest BCUT2D eigenvalue weighted by Crippen LogP contribution is 2.24. The first kappa shape index (κ1) is 20.8. The Morgan fingerprint density at radius 2 is 1.83 bits per heavy atom. The van der Waals surface area contributed by atoms with Crippen LogP contribution in [0, 0.1) is 19.8 Å². The predicted molar refractivity (Wildman–Crippen MR) is 109 cm³/mol. The second-order valence-electron chi connectivity index (χ2n) is 7.44. The molecular weight excluding hydrogens is 372 g/mol. The van der Waals surface area contributed by atoms with Crippen LogP contribution in [0.4, 0.5) is 0 Å². The molecule has 1 aliphatic heterocycles. The molecule has 2 heterocycles. The summed E-state index contributed by atoms with van der Waals surface area (Å²) in [6.07, 6.45) is 1.86. The molecule has 1 N–H and O–H groups in total. The first-order chi connectivity index (χ1) is 13.9. The van der Waals surface area contributed by atoms with E-state index in [0.29, 0.717) is 42.5 Å². The smallest absolute Gasteiger partial charge is 0.289 e. The number of hydrogen-bond acceptors (Lipinski definition) is 5. The second-order valence-corrected chi connectivity index (χ2v) is 7.44. The van der Waals surface area contributed by atoms with Crippen molar-refractivity contribution in [3.05, 3.63) is 46.9 Å². The number of piperidine rings is 1. The number of aryl methyl sites for hydroxylation is 2. The summed E-state index contributed by atoms with van der Waals surface area (Å²) in [5, 5.41) is 2.97. The van der Waals surface area contributed by atoms with Gasteiger partial charge in [0.1, 0.15) is 17.3 Å². The lowest BCUT2D eigenvalue weighted by Crippen LogP contribution is -2.43. The van der Waals surface area contributed by atoms with E-state index in [1.807, 2.05) is 24.8 Å². The van der Waals surface area contributed by atoms with Gasteiger partial charge in [-0.3, -0.25) is 9.59 Å². The van der Waals surface area contributed by atoms with Gasteiger partial charge in [0.25, 0.3) is 11.8 Å². The summed E-state index contributed by atoms with van der Waals surface area (Å²) < 4.78 is 16.0. The Morgan fingerprint density at radius 1 is 1.14 bits per heavy atom. The van der Waals surface area contributed by atoms with Crippen LogP contribution in [0.2, 0.25) is 0 Å². The summed E-state index contributed by atoms with van der Waals surface area (Å²) >= 11 is 0. The fourth-order valence-corrected chi connectivity index (χ4v) is 3.69. The molecule has 1 aromatic heterocycles. The van der Waals surface area contributed by atoms with Crippen molar-refractivity contribution >= 4 is 11.8 Å². The average Bonchev–Trinajstić information content (AvgIpc) is 3.08. The molecule has 1 aliphatic rings. The van der Waals surface area contributed by atoms with Crippen molar-refractivity contribution in [2.24, 2.45) is 5.92 Å². The first-order valence-corrected chi connectivity index (χ1v) is 9.79. The molecule has 29 heavy (non-hydrogen) atoms. The van der Waals surface area contributed by atoms with Crippen LogP contribution in [0.1, 0.15) is 45.1 Å². The Balaban J connectivity index is 1.60. The zero-order valence-electron chi connectivity index (χ0n) is 17.4. The van der Waals surface area contributed by atoms with Crippen molar-refractivity contribution in [2.75, 3.05) is 33.9 Å². The van der Waals surface area contributed by atoms with Crippen LogP contribution in [0.15, 0.2) is 28.7 Å². The summed E-state index contributed by atoms with van der Waals surface area (Å²) in [5.41, 5.74) is 1.33. The number of nitrogens with one attached hydrogen (secondary N) is 1. The van der Waals surface area contributed by atoms with Crippen molar-refractivity contribution in [1.82, 2.24) is 10.2 Å². The van der Waals surface area contributed by atoms with Crippen LogP contribution in [0.25, 0.3) is 0 Å². The quantitative estimate of drug-likeness (QED) is 0.805. The average molecular weight is 400 g/mol. The van der Waals surface area contributed by atoms with Crippen LogP contribution in [0.3, 0.4) is 0 Å². The number of benzene rings is 1. The summed E-state index contributed by atoms with van der Waals surface area (Å²) in [6, 6.07) is 6.95. The number of nitrogens with zero attached hydrogens (tertiary/aromatic N) is 1. The summed E-state index contributed by atoms with van der Waals surface area (Å²) in [6.45, 7) is 5.52. The van der Waals surface area contributed by atoms with Crippen molar-refractivity contribution in [1.29, 1.82) is 0 Å². The van der Waals surface area contributed by atoms with Gasteiger partial charge in [0.15, 0.2) is 5.76 Å². The topological polar surface area (TPSA) is 81.0 Å². The normalized spacial score (nSPS) is 16.4. The van der Waals surface area contributed by atoms with Crippen LogP contribution < -0.4 is 14.8 Å². The van der Waals surface area contributed by atoms with Gasteiger partial charge < -0.3 is 24.1 Å². The van der Waals surface area contributed by atoms with Gasteiger partial charge in [0.05, 0.1) is 14.2 Å². The molecule has 2 amide bonds. The summed E-state index contributed by atoms with van der Waals surface area (Å²) in [5.74, 6) is 2.20. The molecule has 0 unspecified atom stereocenters. The zero-order valence-corrected chi connectivity index (χ0v) is 17.4. The van der Waals surface area contributed by atoms with Gasteiger partial charge in [-0.05, 0) is 50.8 Å². The predicted octanol–water partition coefficient (Wildman–Crippen LogP) is 3.20. The number of rotatable bonds is 6. The number of ether oxygens (including phenoxy) is 2. The van der Waals surface area contributed by atoms with Gasteiger partial charge in [0, 0.05) is 36.8 Å². The fraction of sp³-hybridized carbons (Fsp3) is 0.455. The van der Waals surface area contributed by atoms with E-state index < -0.39 is 0 Å². The molecule has 1 fully saturated rings. The number of carbonyl (C=O) groups excluding carboxylic acids is 2. The third kappa shape index (κ3) is 4.91. The number of carbonyl (C=O) groups is 2. The van der Waals surface area contributed by atoms with Crippen LogP contribution in [0.5, 0.6) is 11.5 Å². The molecule has 0 aliphatic carbocycles. The van der Waals surface area contributed by atoms with Crippen molar-refractivity contribution in [2.45, 2.75) is 26.7 Å². The highest BCUT2D eigenvalue weighted by molar-refractivity contribution is 5.95. The molecule has 7 heteroatoms. The summed E-state index contributed by atoms with van der Waals surface area (Å²) in [7, 11) is 3.10. The number of amides is 2. The van der Waals surface area contributed by atoms with Crippen LogP contribution >= 0.6 is 0 Å². The maximum atomic E-state index is 12.8. The van der Waals surface area contributed by atoms with E-state index in [9.17, 15) is 9.59 Å². The van der Waals surface area contributed by atoms with Gasteiger partial charge in [-0.2, -0.15) is 0 Å². The van der Waals surface area contributed by atoms with Crippen molar-refractivity contribution in [3.63, 3.8) is 0 Å². The lowest BCUT2D eigenvalue weighted by atomic mass is 9.97. The molecule has 1 saturated heterocycles. The Kier molecular flexibility index (Phi) is 6.46. The minimum Gasteiger partial charge on any atom is -0.497 e. The molecule has 0 bridgehead atoms. The minimum absolute atomic E-state index is 0.0795. The van der Waals surface area contributed by atoms with E-state index in [1.165, 1.54) is 0 Å². The standard InChI is InChI=1S/C22H28N2O5/c1-14-8-15(2)29-20(14)22(26)24-7-5-6-16(13-24)12-23-21(25)17-9-18(27-3)11-19(10-17)28-4/h8-11,16H,5-7,12-13H2,1-4H3,(H,23,25)/t16-/m0/s1. The third-order valence-corrected chi connectivity index (χ3v) is 5.21. The molecular formula is C22H28N2O5. The van der Waals surface area contributed by atoms with E-state index in [1.54, 1.807) is 32.4 Å². The fourth-order valence-electron chi connectivity index (χ4n) is 3.69. The van der Waals surface area contributed by atoms with Gasteiger partial charge in [0.2, 0.25) is 0 Å². The molecule has 0 saturated carbocycles. The molecule has 156 valence electrons. The molecule has 0 radical (unpaired) electrons. The number of hydrogen-bond donors (Lipinski definition) is 1. The van der Waals surface area contributed by atoms with E-state index in [0.717, 1.165) is 24.2 Å². The van der Waals surface area contributed by atoms with E-state index in [4.69, 9.17) is 13.9 Å². The van der Waals surface area contributed by atoms with Gasteiger partial charge in [-0.15, -0.1) is 0 Å². The number of furan rings is 1. The Bertz CT molecular complexity index is 867. The molecule has 3 rings (SSSR count). The van der Waals surface area contributed by atoms with Crippen molar-refractivity contribution in [3.8, 4) is 11.5 Å². The highest BCUT2D eigenvalue weighted by Gasteiger charge is 2.27. The van der Waals surface area contributed by atoms with Gasteiger partial charge in [-0.25, -0.2) is 0 Å². The molecule has 2 aromatic rings. The Morgan fingerprint density at radius 3 is 2.41 bits per heavy atom. The SMILES string of the molecule is COc1cc(OC)cc(C(=O)NC[C@@H]2CCCN(C(=O)c3oc(C)cc3C)C2)c1. The summed E-state index contributed by atoms with van der Waals surface area (Å²) in [4.78, 5) is 27.2. The molecule has 1 atom stereocenters. The monoisotopic (exact) mass is 400 g/mol. The minimum atomic E-state index is -0.192. The van der Waals surface area contributed by atoms with E-state index >= 15 is 0 Å². The second kappa shape index (κ2) is 9.03. The lowest BCUT2D eigenvalue weighted by Gasteiger charge is -2.32. The van der Waals surface area contributed by atoms with Gasteiger partial charge in [-0.1, -0.05) is 0 Å². The van der Waals surface area contributed by atoms with Crippen molar-refractivity contribution < 1.29 is 23.5 Å². The third-order valence-electron chi connectivity index (χ3n) is 5.21. The lowest BCUT2D eigenvalue weighted by molar-refractivity contribution is 0.0637. The zero-order chi connectivity index (χ0) is 21.0. The van der Waals surface area contributed by atoms with Crippen LogP contribution in [-0.2, 0) is 0 Å². The largest absolute Gasteiger partial charge is 0.497 e. The number of methoxy groups -OCH3 is 2. The molecule has 1 aromatic carbocycles. The highest BCUT2D eigenvalue weighted by atomic mass is 16.5. The maximum Gasteiger partial charge on any atom is 0.289 e. The Hall–Kier alpha value is -2.96. The van der Waals surface area contributed by atoms with Crippen LogP contribution in [-0.4, -0.2) is 50.6 Å². The molecule has 0 spiro atoms. The first-order valence-electron chi connectivity index (χ1n) is 9.79. The maximum absolute atomic E-state index is 12.8. The van der Waals surface area contributed by atoms with Gasteiger partial charge >= 0.3 is 0 Å². The molecule has 7 nitrogen and oxygen atoms in total. The van der Waals surface area contributed by atoms with E-state index in [2.05, 4.69) is 5.32 Å². The Labute approximate surface area is 171 Å².